The van der Waals surface area contributed by atoms with Crippen LogP contribution in [0, 0.1) is 0 Å². The van der Waals surface area contributed by atoms with Crippen LogP contribution in [-0.4, -0.2) is 53.5 Å². The van der Waals surface area contributed by atoms with Crippen LogP contribution in [0.5, 0.6) is 0 Å². The highest BCUT2D eigenvalue weighted by Gasteiger charge is 2.26. The number of rotatable bonds is 6. The summed E-state index contributed by atoms with van der Waals surface area (Å²) in [6.45, 7) is 2.00. The fourth-order valence-corrected chi connectivity index (χ4v) is 3.79. The number of carboxylic acids is 1. The molecule has 2 rings (SSSR count). The Balaban J connectivity index is 1.98. The molecule has 1 N–H and O–H groups in total. The number of carbonyl (C=O) groups is 2. The average Bonchev–Trinajstić information content (AvgIpc) is 2.58. The zero-order valence-electron chi connectivity index (χ0n) is 13.8. The lowest BCUT2D eigenvalue weighted by Crippen LogP contribution is -2.37. The van der Waals surface area contributed by atoms with Gasteiger partial charge in [0.2, 0.25) is 0 Å². The molecule has 0 aromatic heterocycles. The molecule has 0 amide bonds. The second kappa shape index (κ2) is 9.70. The number of likely N-dealkylation sites (tertiary alicyclic amines) is 1. The molecule has 1 aromatic carbocycles. The van der Waals surface area contributed by atoms with Crippen LogP contribution in [-0.2, 0) is 20.8 Å². The summed E-state index contributed by atoms with van der Waals surface area (Å²) in [6.07, 6.45) is 1.26. The maximum Gasteiger partial charge on any atom is 0.508 e. The number of halogens is 1. The lowest BCUT2D eigenvalue weighted by Gasteiger charge is -2.34. The highest BCUT2D eigenvalue weighted by Crippen LogP contribution is 2.29. The highest BCUT2D eigenvalue weighted by molar-refractivity contribution is 7.99. The van der Waals surface area contributed by atoms with Crippen molar-refractivity contribution in [2.45, 2.75) is 18.2 Å². The molecule has 0 bridgehead atoms. The maximum atomic E-state index is 11.1. The van der Waals surface area contributed by atoms with E-state index in [0.717, 1.165) is 24.1 Å². The van der Waals surface area contributed by atoms with Crippen molar-refractivity contribution in [1.82, 2.24) is 4.90 Å². The van der Waals surface area contributed by atoms with Crippen LogP contribution in [0.15, 0.2) is 35.9 Å². The molecule has 1 aromatic rings. The van der Waals surface area contributed by atoms with E-state index >= 15 is 0 Å². The standard InChI is InChI=1S/C17H20ClNO5S/c1-23-17(22)24-11-25-15-6-7-19(10-13(15)8-16(20)21)9-12-4-2-3-5-14(12)18/h2-5,8,15H,6-7,9-11H2,1H3,(H,20,21)/b13-8+. The van der Waals surface area contributed by atoms with Gasteiger partial charge < -0.3 is 14.6 Å². The number of carbonyl (C=O) groups excluding carboxylic acids is 1. The van der Waals surface area contributed by atoms with Crippen molar-refractivity contribution in [3.63, 3.8) is 0 Å². The number of methoxy groups -OCH3 is 1. The first-order valence-electron chi connectivity index (χ1n) is 7.71. The zero-order valence-corrected chi connectivity index (χ0v) is 15.4. The molecule has 25 heavy (non-hydrogen) atoms. The van der Waals surface area contributed by atoms with Gasteiger partial charge in [0.25, 0.3) is 0 Å². The number of piperidine rings is 1. The first-order chi connectivity index (χ1) is 12.0. The van der Waals surface area contributed by atoms with E-state index in [2.05, 4.69) is 9.64 Å². The van der Waals surface area contributed by atoms with Gasteiger partial charge in [-0.25, -0.2) is 9.59 Å². The van der Waals surface area contributed by atoms with E-state index in [-0.39, 0.29) is 11.2 Å². The van der Waals surface area contributed by atoms with Crippen LogP contribution < -0.4 is 0 Å². The highest BCUT2D eigenvalue weighted by atomic mass is 35.5. The summed E-state index contributed by atoms with van der Waals surface area (Å²) in [5.41, 5.74) is 1.81. The van der Waals surface area contributed by atoms with Crippen LogP contribution in [0.4, 0.5) is 4.79 Å². The molecule has 8 heteroatoms. The second-order valence-electron chi connectivity index (χ2n) is 5.52. The molecule has 1 atom stereocenters. The Morgan fingerprint density at radius 1 is 1.44 bits per heavy atom. The van der Waals surface area contributed by atoms with E-state index in [4.69, 9.17) is 21.4 Å². The number of benzene rings is 1. The van der Waals surface area contributed by atoms with Gasteiger partial charge in [-0.2, -0.15) is 0 Å². The fourth-order valence-electron chi connectivity index (χ4n) is 2.64. The molecular weight excluding hydrogens is 366 g/mol. The van der Waals surface area contributed by atoms with Gasteiger partial charge >= 0.3 is 12.1 Å². The van der Waals surface area contributed by atoms with Crippen molar-refractivity contribution >= 4 is 35.5 Å². The molecule has 0 radical (unpaired) electrons. The van der Waals surface area contributed by atoms with Crippen LogP contribution >= 0.6 is 23.4 Å². The number of ether oxygens (including phenoxy) is 2. The quantitative estimate of drug-likeness (QED) is 0.457. The van der Waals surface area contributed by atoms with Crippen LogP contribution in [0.25, 0.3) is 0 Å². The van der Waals surface area contributed by atoms with Gasteiger partial charge in [0.15, 0.2) is 0 Å². The summed E-state index contributed by atoms with van der Waals surface area (Å²) in [5.74, 6) is -0.854. The van der Waals surface area contributed by atoms with Crippen molar-refractivity contribution in [1.29, 1.82) is 0 Å². The van der Waals surface area contributed by atoms with Gasteiger partial charge in [-0.05, 0) is 23.6 Å². The Morgan fingerprint density at radius 3 is 2.88 bits per heavy atom. The predicted octanol–water partition coefficient (Wildman–Crippen LogP) is 3.40. The van der Waals surface area contributed by atoms with E-state index < -0.39 is 12.1 Å². The van der Waals surface area contributed by atoms with E-state index in [1.54, 1.807) is 0 Å². The van der Waals surface area contributed by atoms with Gasteiger partial charge in [-0.1, -0.05) is 29.8 Å². The third kappa shape index (κ3) is 6.26. The van der Waals surface area contributed by atoms with Gasteiger partial charge in [0.1, 0.15) is 5.94 Å². The minimum atomic E-state index is -0.978. The van der Waals surface area contributed by atoms with E-state index in [9.17, 15) is 9.59 Å². The van der Waals surface area contributed by atoms with Gasteiger partial charge in [-0.3, -0.25) is 4.90 Å². The molecule has 1 aliphatic rings. The summed E-state index contributed by atoms with van der Waals surface area (Å²) in [5, 5.41) is 9.82. The third-order valence-electron chi connectivity index (χ3n) is 3.80. The number of hydrogen-bond acceptors (Lipinski definition) is 6. The summed E-state index contributed by atoms with van der Waals surface area (Å²) in [7, 11) is 1.25. The van der Waals surface area contributed by atoms with Gasteiger partial charge in [0.05, 0.1) is 7.11 Å². The lowest BCUT2D eigenvalue weighted by molar-refractivity contribution is -0.131. The monoisotopic (exact) mass is 385 g/mol. The maximum absolute atomic E-state index is 11.1. The minimum Gasteiger partial charge on any atom is -0.478 e. The van der Waals surface area contributed by atoms with Crippen molar-refractivity contribution in [3.05, 3.63) is 46.5 Å². The first kappa shape index (κ1) is 19.6. The summed E-state index contributed by atoms with van der Waals surface area (Å²) in [4.78, 5) is 24.3. The minimum absolute atomic E-state index is 0.0109. The topological polar surface area (TPSA) is 76.1 Å². The van der Waals surface area contributed by atoms with E-state index in [1.165, 1.54) is 24.9 Å². The first-order valence-corrected chi connectivity index (χ1v) is 9.13. The number of nitrogens with zero attached hydrogens (tertiary/aromatic N) is 1. The average molecular weight is 386 g/mol. The number of carboxylic acid groups (broad SMARTS) is 1. The third-order valence-corrected chi connectivity index (χ3v) is 5.36. The number of aliphatic carboxylic acids is 1. The van der Waals surface area contributed by atoms with Crippen molar-refractivity contribution in [2.75, 3.05) is 26.1 Å². The Kier molecular flexibility index (Phi) is 7.61. The van der Waals surface area contributed by atoms with E-state index in [0.29, 0.717) is 18.1 Å². The molecule has 1 fully saturated rings. The fraction of sp³-hybridized carbons (Fsp3) is 0.412. The molecule has 1 aliphatic heterocycles. The normalized spacial score (nSPS) is 19.6. The van der Waals surface area contributed by atoms with Crippen LogP contribution in [0.1, 0.15) is 12.0 Å². The lowest BCUT2D eigenvalue weighted by atomic mass is 10.0. The van der Waals surface area contributed by atoms with Crippen LogP contribution in [0.2, 0.25) is 5.02 Å². The SMILES string of the molecule is COC(=O)OCSC1CCN(Cc2ccccc2Cl)C/C1=C\C(=O)O. The van der Waals surface area contributed by atoms with Crippen LogP contribution in [0.3, 0.4) is 0 Å². The molecular formula is C17H20ClNO5S. The molecule has 1 unspecified atom stereocenters. The van der Waals surface area contributed by atoms with Crippen molar-refractivity contribution in [3.8, 4) is 0 Å². The predicted molar refractivity (Wildman–Crippen MR) is 96.8 cm³/mol. The Morgan fingerprint density at radius 2 is 2.20 bits per heavy atom. The Labute approximate surface area is 155 Å². The van der Waals surface area contributed by atoms with Crippen molar-refractivity contribution in [2.24, 2.45) is 0 Å². The molecule has 1 saturated heterocycles. The number of thioether (sulfide) groups is 1. The van der Waals surface area contributed by atoms with Crippen molar-refractivity contribution < 1.29 is 24.2 Å². The molecule has 0 aliphatic carbocycles. The summed E-state index contributed by atoms with van der Waals surface area (Å²) in [6, 6.07) is 7.62. The van der Waals surface area contributed by atoms with Gasteiger partial charge in [-0.15, -0.1) is 11.8 Å². The zero-order chi connectivity index (χ0) is 18.2. The largest absolute Gasteiger partial charge is 0.508 e. The molecule has 6 nitrogen and oxygen atoms in total. The summed E-state index contributed by atoms with van der Waals surface area (Å²) >= 11 is 7.60. The van der Waals surface area contributed by atoms with Gasteiger partial charge in [0, 0.05) is 36.0 Å². The summed E-state index contributed by atoms with van der Waals surface area (Å²) < 4.78 is 9.30. The molecule has 136 valence electrons. The molecule has 0 spiro atoms. The molecule has 1 heterocycles. The molecule has 0 saturated carbocycles. The smallest absolute Gasteiger partial charge is 0.478 e. The second-order valence-corrected chi connectivity index (χ2v) is 7.07. The Hall–Kier alpha value is -1.70. The number of hydrogen-bond donors (Lipinski definition) is 1. The van der Waals surface area contributed by atoms with E-state index in [1.807, 2.05) is 24.3 Å². The Bertz CT molecular complexity index is 652.